The van der Waals surface area contributed by atoms with Crippen LogP contribution in [0.25, 0.3) is 0 Å². The molecule has 0 radical (unpaired) electrons. The molecule has 5 nitrogen and oxygen atoms in total. The highest BCUT2D eigenvalue weighted by atomic mass is 35.5. The molecule has 1 atom stereocenters. The quantitative estimate of drug-likeness (QED) is 0.842. The van der Waals surface area contributed by atoms with Gasteiger partial charge in [0.1, 0.15) is 0 Å². The molecule has 6 heteroatoms. The molecule has 21 heavy (non-hydrogen) atoms. The van der Waals surface area contributed by atoms with Crippen LogP contribution >= 0.6 is 11.6 Å². The van der Waals surface area contributed by atoms with Crippen LogP contribution in [0.3, 0.4) is 0 Å². The maximum atomic E-state index is 12.0. The Morgan fingerprint density at radius 2 is 2.24 bits per heavy atom. The van der Waals surface area contributed by atoms with E-state index in [9.17, 15) is 9.59 Å². The number of carbonyl (C=O) groups excluding carboxylic acids is 2. The number of hydrogen-bond donors (Lipinski definition) is 2. The molecule has 1 aromatic carbocycles. The number of likely N-dealkylation sites (tertiary alicyclic amines) is 1. The Kier molecular flexibility index (Phi) is 5.07. The van der Waals surface area contributed by atoms with Crippen molar-refractivity contribution in [3.63, 3.8) is 0 Å². The summed E-state index contributed by atoms with van der Waals surface area (Å²) < 4.78 is 0. The predicted octanol–water partition coefficient (Wildman–Crippen LogP) is 2.51. The van der Waals surface area contributed by atoms with Gasteiger partial charge in [0.2, 0.25) is 11.8 Å². The molecule has 1 fully saturated rings. The first-order valence-corrected chi connectivity index (χ1v) is 7.46. The molecule has 1 heterocycles. The van der Waals surface area contributed by atoms with E-state index in [-0.39, 0.29) is 18.4 Å². The number of anilines is 2. The topological polar surface area (TPSA) is 75.4 Å². The second kappa shape index (κ2) is 6.80. The van der Waals surface area contributed by atoms with Gasteiger partial charge in [0.15, 0.2) is 0 Å². The van der Waals surface area contributed by atoms with Crippen LogP contribution < -0.4 is 11.1 Å². The maximum absolute atomic E-state index is 12.0. The summed E-state index contributed by atoms with van der Waals surface area (Å²) in [5, 5.41) is 3.19. The van der Waals surface area contributed by atoms with E-state index in [1.165, 1.54) is 0 Å². The fourth-order valence-corrected chi connectivity index (χ4v) is 2.45. The van der Waals surface area contributed by atoms with Crippen molar-refractivity contribution in [3.8, 4) is 0 Å². The molecule has 0 aromatic heterocycles. The molecule has 3 N–H and O–H groups in total. The molecule has 1 aromatic rings. The van der Waals surface area contributed by atoms with Crippen molar-refractivity contribution >= 4 is 34.8 Å². The smallest absolute Gasteiger partial charge is 0.243 e. The Hall–Kier alpha value is -1.75. The number of nitrogens with zero attached hydrogens (tertiary/aromatic N) is 1. The Labute approximate surface area is 129 Å². The maximum Gasteiger partial charge on any atom is 0.243 e. The molecule has 0 saturated carbocycles. The lowest BCUT2D eigenvalue weighted by atomic mass is 10.0. The van der Waals surface area contributed by atoms with Crippen molar-refractivity contribution in [1.29, 1.82) is 0 Å². The van der Waals surface area contributed by atoms with Gasteiger partial charge in [-0.2, -0.15) is 0 Å². The number of nitrogen functional groups attached to an aromatic ring is 1. The van der Waals surface area contributed by atoms with E-state index in [2.05, 4.69) is 12.2 Å². The molecule has 2 amide bonds. The van der Waals surface area contributed by atoms with Crippen LogP contribution in [-0.2, 0) is 9.59 Å². The van der Waals surface area contributed by atoms with E-state index in [1.807, 2.05) is 0 Å². The van der Waals surface area contributed by atoms with E-state index in [4.69, 9.17) is 17.3 Å². The van der Waals surface area contributed by atoms with Crippen LogP contribution in [0.5, 0.6) is 0 Å². The largest absolute Gasteiger partial charge is 0.397 e. The third kappa shape index (κ3) is 4.36. The summed E-state index contributed by atoms with van der Waals surface area (Å²) in [6.07, 6.45) is 2.35. The van der Waals surface area contributed by atoms with E-state index in [1.54, 1.807) is 23.1 Å². The zero-order chi connectivity index (χ0) is 15.4. The molecule has 0 aliphatic carbocycles. The molecule has 1 aliphatic rings. The lowest BCUT2D eigenvalue weighted by Crippen LogP contribution is -2.37. The number of halogens is 1. The standard InChI is InChI=1S/C15H20ClN3O2/c1-10-2-5-15(21)19(7-6-10)9-14(20)18-11-3-4-12(16)13(17)8-11/h3-4,8,10H,2,5-7,9,17H2,1H3,(H,18,20). The first-order valence-electron chi connectivity index (χ1n) is 7.08. The van der Waals surface area contributed by atoms with Crippen LogP contribution in [0.15, 0.2) is 18.2 Å². The highest BCUT2D eigenvalue weighted by Crippen LogP contribution is 2.22. The van der Waals surface area contributed by atoms with Crippen molar-refractivity contribution < 1.29 is 9.59 Å². The molecular formula is C15H20ClN3O2. The van der Waals surface area contributed by atoms with E-state index < -0.39 is 0 Å². The van der Waals surface area contributed by atoms with E-state index in [0.717, 1.165) is 12.8 Å². The van der Waals surface area contributed by atoms with Crippen LogP contribution in [0.2, 0.25) is 5.02 Å². The summed E-state index contributed by atoms with van der Waals surface area (Å²) in [5.41, 5.74) is 6.68. The van der Waals surface area contributed by atoms with Gasteiger partial charge >= 0.3 is 0 Å². The normalized spacial score (nSPS) is 19.2. The van der Waals surface area contributed by atoms with Crippen molar-refractivity contribution in [2.45, 2.75) is 26.2 Å². The van der Waals surface area contributed by atoms with Gasteiger partial charge in [-0.1, -0.05) is 18.5 Å². The minimum Gasteiger partial charge on any atom is -0.397 e. The predicted molar refractivity (Wildman–Crippen MR) is 84.1 cm³/mol. The Bertz CT molecular complexity index is 548. The molecule has 2 rings (SSSR count). The van der Waals surface area contributed by atoms with Gasteiger partial charge in [0.25, 0.3) is 0 Å². The summed E-state index contributed by atoms with van der Waals surface area (Å²) >= 11 is 5.83. The first kappa shape index (κ1) is 15.6. The summed E-state index contributed by atoms with van der Waals surface area (Å²) in [4.78, 5) is 25.6. The number of amides is 2. The number of benzene rings is 1. The number of carbonyl (C=O) groups is 2. The Morgan fingerprint density at radius 1 is 1.48 bits per heavy atom. The molecule has 0 spiro atoms. The fourth-order valence-electron chi connectivity index (χ4n) is 2.34. The summed E-state index contributed by atoms with van der Waals surface area (Å²) in [7, 11) is 0. The van der Waals surface area contributed by atoms with Gasteiger partial charge in [0.05, 0.1) is 17.3 Å². The third-order valence-corrected chi connectivity index (χ3v) is 4.05. The minimum atomic E-state index is -0.223. The van der Waals surface area contributed by atoms with Crippen LogP contribution in [-0.4, -0.2) is 29.8 Å². The average molecular weight is 310 g/mol. The summed E-state index contributed by atoms with van der Waals surface area (Å²) in [6.45, 7) is 2.84. The van der Waals surface area contributed by atoms with E-state index >= 15 is 0 Å². The highest BCUT2D eigenvalue weighted by Gasteiger charge is 2.22. The number of nitrogens with two attached hydrogens (primary N) is 1. The van der Waals surface area contributed by atoms with Gasteiger partial charge in [-0.15, -0.1) is 0 Å². The second-order valence-corrected chi connectivity index (χ2v) is 5.94. The molecule has 114 valence electrons. The average Bonchev–Trinajstić information content (AvgIpc) is 2.58. The lowest BCUT2D eigenvalue weighted by Gasteiger charge is -2.20. The number of nitrogens with one attached hydrogen (secondary N) is 1. The SMILES string of the molecule is CC1CCC(=O)N(CC(=O)Nc2ccc(Cl)c(N)c2)CC1. The molecular weight excluding hydrogens is 290 g/mol. The number of hydrogen-bond acceptors (Lipinski definition) is 3. The second-order valence-electron chi connectivity index (χ2n) is 5.53. The molecule has 1 unspecified atom stereocenters. The fraction of sp³-hybridized carbons (Fsp3) is 0.467. The van der Waals surface area contributed by atoms with Crippen LogP contribution in [0.1, 0.15) is 26.2 Å². The first-order chi connectivity index (χ1) is 9.95. The van der Waals surface area contributed by atoms with Gasteiger partial charge in [-0.3, -0.25) is 9.59 Å². The van der Waals surface area contributed by atoms with Crippen LogP contribution in [0.4, 0.5) is 11.4 Å². The van der Waals surface area contributed by atoms with Crippen LogP contribution in [0, 0.1) is 5.92 Å². The van der Waals surface area contributed by atoms with Gasteiger partial charge in [-0.05, 0) is 37.0 Å². The van der Waals surface area contributed by atoms with Gasteiger partial charge < -0.3 is 16.0 Å². The zero-order valence-electron chi connectivity index (χ0n) is 12.1. The number of rotatable bonds is 3. The van der Waals surface area contributed by atoms with Crippen molar-refractivity contribution in [1.82, 2.24) is 4.90 Å². The molecule has 0 bridgehead atoms. The van der Waals surface area contributed by atoms with Gasteiger partial charge in [0, 0.05) is 18.7 Å². The molecule has 1 saturated heterocycles. The van der Waals surface area contributed by atoms with Gasteiger partial charge in [-0.25, -0.2) is 0 Å². The summed E-state index contributed by atoms with van der Waals surface area (Å²) in [6, 6.07) is 4.92. The van der Waals surface area contributed by atoms with Crippen molar-refractivity contribution in [2.75, 3.05) is 24.1 Å². The van der Waals surface area contributed by atoms with Crippen molar-refractivity contribution in [2.24, 2.45) is 5.92 Å². The zero-order valence-corrected chi connectivity index (χ0v) is 12.8. The summed E-state index contributed by atoms with van der Waals surface area (Å²) in [5.74, 6) is 0.350. The minimum absolute atomic E-state index is 0.0464. The van der Waals surface area contributed by atoms with E-state index in [0.29, 0.717) is 35.3 Å². The molecule has 1 aliphatic heterocycles. The van der Waals surface area contributed by atoms with Crippen molar-refractivity contribution in [3.05, 3.63) is 23.2 Å². The lowest BCUT2D eigenvalue weighted by molar-refractivity contribution is -0.134. The Balaban J connectivity index is 1.94. The third-order valence-electron chi connectivity index (χ3n) is 3.71. The monoisotopic (exact) mass is 309 g/mol. The Morgan fingerprint density at radius 3 is 2.95 bits per heavy atom. The highest BCUT2D eigenvalue weighted by molar-refractivity contribution is 6.33.